The predicted molar refractivity (Wildman–Crippen MR) is 136 cm³/mol. The summed E-state index contributed by atoms with van der Waals surface area (Å²) in [6, 6.07) is 15.5. The first-order valence-corrected chi connectivity index (χ1v) is 11.8. The summed E-state index contributed by atoms with van der Waals surface area (Å²) in [5.74, 6) is -2.35. The Morgan fingerprint density at radius 1 is 1.00 bits per heavy atom. The third-order valence-corrected chi connectivity index (χ3v) is 7.23. The van der Waals surface area contributed by atoms with Crippen molar-refractivity contribution >= 4 is 69.6 Å². The molecule has 0 spiro atoms. The zero-order chi connectivity index (χ0) is 24.8. The average Bonchev–Trinajstić information content (AvgIpc) is 3.36. The number of benzene rings is 3. The summed E-state index contributed by atoms with van der Waals surface area (Å²) >= 11 is 25.3. The van der Waals surface area contributed by atoms with Crippen molar-refractivity contribution in [2.24, 2.45) is 5.92 Å². The van der Waals surface area contributed by atoms with E-state index in [9.17, 15) is 14.0 Å². The summed E-state index contributed by atoms with van der Waals surface area (Å²) in [6.45, 7) is 1.90. The second kappa shape index (κ2) is 9.38. The van der Waals surface area contributed by atoms with E-state index in [1.54, 1.807) is 19.2 Å². The van der Waals surface area contributed by atoms with Crippen LogP contribution in [-0.2, 0) is 4.79 Å². The quantitative estimate of drug-likeness (QED) is 0.347. The maximum absolute atomic E-state index is 13.2. The van der Waals surface area contributed by atoms with Crippen LogP contribution in [0.3, 0.4) is 0 Å². The Kier molecular flexibility index (Phi) is 6.85. The van der Waals surface area contributed by atoms with E-state index in [0.29, 0.717) is 16.4 Å². The third kappa shape index (κ3) is 4.89. The molecule has 0 bridgehead atoms. The number of halogens is 5. The van der Waals surface area contributed by atoms with Gasteiger partial charge in [-0.1, -0.05) is 29.3 Å². The van der Waals surface area contributed by atoms with Crippen molar-refractivity contribution in [1.82, 2.24) is 0 Å². The highest BCUT2D eigenvalue weighted by atomic mass is 35.5. The Balaban J connectivity index is 1.53. The number of hydrogen-bond acceptors (Lipinski definition) is 2. The number of anilines is 2. The first-order chi connectivity index (χ1) is 16.0. The number of aryl methyl sites for hydroxylation is 1. The van der Waals surface area contributed by atoms with Gasteiger partial charge in [-0.05, 0) is 72.6 Å². The summed E-state index contributed by atoms with van der Waals surface area (Å²) in [5, 5.41) is 3.52. The van der Waals surface area contributed by atoms with Crippen LogP contribution in [0.15, 0.2) is 60.7 Å². The smallest absolute Gasteiger partial charge is 0.259 e. The molecule has 2 unspecified atom stereocenters. The molecule has 9 heteroatoms. The van der Waals surface area contributed by atoms with Crippen LogP contribution in [-0.4, -0.2) is 23.2 Å². The molecule has 176 valence electrons. The molecule has 0 aliphatic heterocycles. The first-order valence-electron chi connectivity index (χ1n) is 10.3. The number of carbonyl (C=O) groups is 2. The number of carbonyl (C=O) groups excluding carboxylic acids is 2. The van der Waals surface area contributed by atoms with Crippen LogP contribution >= 0.6 is 46.4 Å². The zero-order valence-corrected chi connectivity index (χ0v) is 21.1. The molecule has 1 saturated carbocycles. The van der Waals surface area contributed by atoms with Crippen molar-refractivity contribution in [3.8, 4) is 0 Å². The van der Waals surface area contributed by atoms with Crippen molar-refractivity contribution in [2.75, 3.05) is 17.3 Å². The highest BCUT2D eigenvalue weighted by Crippen LogP contribution is 2.65. The van der Waals surface area contributed by atoms with Gasteiger partial charge in [-0.25, -0.2) is 4.39 Å². The van der Waals surface area contributed by atoms with E-state index in [4.69, 9.17) is 46.4 Å². The van der Waals surface area contributed by atoms with Gasteiger partial charge >= 0.3 is 0 Å². The number of amides is 2. The minimum Gasteiger partial charge on any atom is -0.326 e. The lowest BCUT2D eigenvalue weighted by Crippen LogP contribution is -2.26. The monoisotopic (exact) mass is 538 g/mol. The van der Waals surface area contributed by atoms with E-state index in [0.717, 1.165) is 11.1 Å². The van der Waals surface area contributed by atoms with Gasteiger partial charge in [0.15, 0.2) is 0 Å². The lowest BCUT2D eigenvalue weighted by molar-refractivity contribution is -0.117. The minimum atomic E-state index is -1.28. The molecule has 0 heterocycles. The predicted octanol–water partition coefficient (Wildman–Crippen LogP) is 7.24. The van der Waals surface area contributed by atoms with Crippen molar-refractivity contribution in [1.29, 1.82) is 0 Å². The maximum Gasteiger partial charge on any atom is 0.259 e. The van der Waals surface area contributed by atoms with Gasteiger partial charge in [0.05, 0.1) is 16.5 Å². The number of nitrogens with one attached hydrogen (secondary N) is 1. The summed E-state index contributed by atoms with van der Waals surface area (Å²) in [7, 11) is 1.55. The second-order valence-corrected chi connectivity index (χ2v) is 10.5. The Hall–Kier alpha value is -2.31. The Morgan fingerprint density at radius 3 is 2.32 bits per heavy atom. The molecule has 2 amide bonds. The van der Waals surface area contributed by atoms with Crippen LogP contribution in [0.1, 0.15) is 27.4 Å². The van der Waals surface area contributed by atoms with Crippen LogP contribution in [0, 0.1) is 18.7 Å². The number of nitrogens with zero attached hydrogens (tertiary/aromatic N) is 1. The van der Waals surface area contributed by atoms with Gasteiger partial charge in [0.25, 0.3) is 5.91 Å². The summed E-state index contributed by atoms with van der Waals surface area (Å²) in [5.41, 5.74) is 2.74. The molecule has 1 aliphatic carbocycles. The van der Waals surface area contributed by atoms with Crippen LogP contribution in [0.25, 0.3) is 0 Å². The Labute approximate surface area is 216 Å². The lowest BCUT2D eigenvalue weighted by Gasteiger charge is -2.18. The van der Waals surface area contributed by atoms with Crippen LogP contribution in [0.5, 0.6) is 0 Å². The fourth-order valence-corrected chi connectivity index (χ4v) is 5.29. The van der Waals surface area contributed by atoms with Gasteiger partial charge in [0, 0.05) is 29.4 Å². The van der Waals surface area contributed by atoms with Crippen LogP contribution in [0.2, 0.25) is 10.0 Å². The molecule has 0 aromatic heterocycles. The molecule has 34 heavy (non-hydrogen) atoms. The molecule has 1 fully saturated rings. The first kappa shape index (κ1) is 24.8. The van der Waals surface area contributed by atoms with Crippen molar-refractivity contribution in [3.63, 3.8) is 0 Å². The van der Waals surface area contributed by atoms with Crippen molar-refractivity contribution < 1.29 is 14.0 Å². The molecule has 1 aliphatic rings. The molecule has 3 aromatic rings. The SMILES string of the molecule is Cc1cc(Cl)cc(C2C(C(=O)Nc3ccc(Cl)c(C(=O)N(C)c4ccc(F)cc4)c3)C2(Cl)Cl)c1. The molecule has 0 saturated heterocycles. The highest BCUT2D eigenvalue weighted by Gasteiger charge is 2.67. The van der Waals surface area contributed by atoms with Gasteiger partial charge in [-0.2, -0.15) is 0 Å². The summed E-state index contributed by atoms with van der Waals surface area (Å²) in [4.78, 5) is 27.4. The normalized spacial score (nSPS) is 18.3. The lowest BCUT2D eigenvalue weighted by atomic mass is 10.1. The van der Waals surface area contributed by atoms with Gasteiger partial charge in [-0.3, -0.25) is 9.59 Å². The molecule has 3 aromatic carbocycles. The Morgan fingerprint density at radius 2 is 1.68 bits per heavy atom. The molecule has 4 rings (SSSR count). The number of alkyl halides is 2. The largest absolute Gasteiger partial charge is 0.326 e. The van der Waals surface area contributed by atoms with E-state index in [2.05, 4.69) is 5.32 Å². The topological polar surface area (TPSA) is 49.4 Å². The van der Waals surface area contributed by atoms with Crippen molar-refractivity contribution in [2.45, 2.75) is 17.2 Å². The Bertz CT molecular complexity index is 1260. The third-order valence-electron chi connectivity index (χ3n) is 5.74. The van der Waals surface area contributed by atoms with Crippen molar-refractivity contribution in [3.05, 3.63) is 93.2 Å². The number of hydrogen-bond donors (Lipinski definition) is 1. The zero-order valence-electron chi connectivity index (χ0n) is 18.1. The van der Waals surface area contributed by atoms with E-state index in [1.807, 2.05) is 19.1 Å². The molecular weight excluding hydrogens is 521 g/mol. The summed E-state index contributed by atoms with van der Waals surface area (Å²) < 4.78 is 11.9. The molecular formula is C25H19Cl4FN2O2. The van der Waals surface area contributed by atoms with Gasteiger partial charge in [-0.15, -0.1) is 23.2 Å². The van der Waals surface area contributed by atoms with E-state index < -0.39 is 27.9 Å². The molecule has 0 radical (unpaired) electrons. The molecule has 1 N–H and O–H groups in total. The molecule has 2 atom stereocenters. The van der Waals surface area contributed by atoms with Crippen LogP contribution in [0.4, 0.5) is 15.8 Å². The minimum absolute atomic E-state index is 0.173. The standard InChI is InChI=1S/C25H19Cl4FN2O2/c1-13-9-14(11-15(26)10-13)21-22(25(21,28)29)23(33)31-17-5-8-20(27)19(12-17)24(34)32(2)18-6-3-16(30)4-7-18/h3-12,21-22H,1-2H3,(H,31,33). The summed E-state index contributed by atoms with van der Waals surface area (Å²) in [6.07, 6.45) is 0. The van der Waals surface area contributed by atoms with Gasteiger partial charge < -0.3 is 10.2 Å². The highest BCUT2D eigenvalue weighted by molar-refractivity contribution is 6.53. The fourth-order valence-electron chi connectivity index (χ4n) is 3.96. The second-order valence-electron chi connectivity index (χ2n) is 8.22. The van der Waals surface area contributed by atoms with E-state index in [-0.39, 0.29) is 16.5 Å². The fraction of sp³-hybridized carbons (Fsp3) is 0.200. The van der Waals surface area contributed by atoms with Gasteiger partial charge in [0.1, 0.15) is 10.2 Å². The van der Waals surface area contributed by atoms with Crippen LogP contribution < -0.4 is 10.2 Å². The van der Waals surface area contributed by atoms with Gasteiger partial charge in [0.2, 0.25) is 5.91 Å². The van der Waals surface area contributed by atoms with E-state index >= 15 is 0 Å². The number of rotatable bonds is 5. The molecule has 4 nitrogen and oxygen atoms in total. The maximum atomic E-state index is 13.2. The average molecular weight is 540 g/mol. The van der Waals surface area contributed by atoms with E-state index in [1.165, 1.54) is 41.3 Å².